The Kier molecular flexibility index (Phi) is 20.8. The molecule has 0 bridgehead atoms. The third-order valence-corrected chi connectivity index (χ3v) is 3.68. The topological polar surface area (TPSA) is 26.0 Å². The van der Waals surface area contributed by atoms with Crippen molar-refractivity contribution in [3.63, 3.8) is 0 Å². The molecule has 0 saturated heterocycles. The van der Waals surface area contributed by atoms with Crippen LogP contribution >= 0.6 is 15.9 Å². The molecule has 21 heavy (non-hydrogen) atoms. The summed E-state index contributed by atoms with van der Waals surface area (Å²) in [7, 11) is 6.87. The Morgan fingerprint density at radius 3 is 1.24 bits per heavy atom. The summed E-state index contributed by atoms with van der Waals surface area (Å²) in [6.07, 6.45) is 17.4. The van der Waals surface area contributed by atoms with E-state index in [0.29, 0.717) is 5.45 Å². The van der Waals surface area contributed by atoms with Gasteiger partial charge in [-0.1, -0.05) is 87.1 Å². The molecule has 0 saturated carbocycles. The van der Waals surface area contributed by atoms with E-state index in [1.165, 1.54) is 83.6 Å². The quantitative estimate of drug-likeness (QED) is 0.193. The van der Waals surface area contributed by atoms with Crippen LogP contribution in [0, 0.1) is 0 Å². The molecule has 0 rings (SSSR count). The van der Waals surface area contributed by atoms with Gasteiger partial charge >= 0.3 is 0 Å². The van der Waals surface area contributed by atoms with Gasteiger partial charge in [-0.3, -0.25) is 0 Å². The van der Waals surface area contributed by atoms with E-state index in [2.05, 4.69) is 44.0 Å². The van der Waals surface area contributed by atoms with Crippen LogP contribution in [0.2, 0.25) is 0 Å². The predicted octanol–water partition coefficient (Wildman–Crippen LogP) is 5.69. The highest BCUT2D eigenvalue weighted by molar-refractivity contribution is 9.09. The molecule has 0 spiro atoms. The van der Waals surface area contributed by atoms with Crippen molar-refractivity contribution in [2.45, 2.75) is 84.0 Å². The van der Waals surface area contributed by atoms with Crippen LogP contribution in [0.15, 0.2) is 0 Å². The Labute approximate surface area is 143 Å². The smallest absolute Gasteiger partial charge is 0.0780 e. The second kappa shape index (κ2) is 18.4. The van der Waals surface area contributed by atoms with Crippen LogP contribution in [0.4, 0.5) is 0 Å². The summed E-state index contributed by atoms with van der Waals surface area (Å²) in [5.74, 6) is 0. The van der Waals surface area contributed by atoms with Crippen LogP contribution in [0.25, 0.3) is 0 Å². The second-order valence-corrected chi connectivity index (χ2v) is 7.70. The van der Waals surface area contributed by atoms with Crippen LogP contribution in [0.3, 0.4) is 0 Å². The number of unbranched alkanes of at least 4 members (excludes halogenated alkanes) is 11. The molecule has 2 N–H and O–H groups in total. The molecule has 0 amide bonds. The summed E-state index contributed by atoms with van der Waals surface area (Å²) >= 11 is 2.92. The van der Waals surface area contributed by atoms with Gasteiger partial charge in [0.2, 0.25) is 0 Å². The van der Waals surface area contributed by atoms with Gasteiger partial charge < -0.3 is 10.2 Å². The zero-order valence-electron chi connectivity index (χ0n) is 15.3. The summed E-state index contributed by atoms with van der Waals surface area (Å²) in [4.78, 5) is 0. The van der Waals surface area contributed by atoms with E-state index in [1.807, 2.05) is 0 Å². The number of halogens is 1. The van der Waals surface area contributed by atoms with Crippen molar-refractivity contribution in [1.82, 2.24) is 0 Å². The van der Waals surface area contributed by atoms with Gasteiger partial charge in [0.15, 0.2) is 0 Å². The average Bonchev–Trinajstić information content (AvgIpc) is 2.40. The van der Waals surface area contributed by atoms with E-state index in [4.69, 9.17) is 5.73 Å². The first-order valence-electron chi connectivity index (χ1n) is 9.04. The Hall–Kier alpha value is 0.400. The van der Waals surface area contributed by atoms with Crippen molar-refractivity contribution in [2.24, 2.45) is 5.73 Å². The number of alkyl halides is 1. The lowest BCUT2D eigenvalue weighted by Crippen LogP contribution is -2.35. The number of nitrogens with zero attached hydrogens (tertiary/aromatic N) is 1. The van der Waals surface area contributed by atoms with Gasteiger partial charge in [-0.25, -0.2) is 0 Å². The molecule has 0 radical (unpaired) electrons. The monoisotopic (exact) mass is 365 g/mol. The third-order valence-electron chi connectivity index (χ3n) is 3.68. The van der Waals surface area contributed by atoms with Gasteiger partial charge in [0.05, 0.1) is 27.7 Å². The number of quaternary nitrogens is 1. The Balaban J connectivity index is 0. The fraction of sp³-hybridized carbons (Fsp3) is 1.00. The SMILES string of the molecule is CCCCCCCCCCCCCC[N+](C)(C)C.NCBr. The minimum atomic E-state index is 0.562. The van der Waals surface area contributed by atoms with Crippen molar-refractivity contribution < 1.29 is 4.48 Å². The molecule has 0 aromatic carbocycles. The van der Waals surface area contributed by atoms with Crippen LogP contribution in [0.1, 0.15) is 84.0 Å². The fourth-order valence-electron chi connectivity index (χ4n) is 2.43. The largest absolute Gasteiger partial charge is 0.331 e. The molecule has 0 aliphatic heterocycles. The summed E-state index contributed by atoms with van der Waals surface area (Å²) in [5.41, 5.74) is 5.33. The Bertz CT molecular complexity index is 179. The highest BCUT2D eigenvalue weighted by atomic mass is 79.9. The summed E-state index contributed by atoms with van der Waals surface area (Å²) in [6.45, 7) is 3.62. The molecule has 0 fully saturated rings. The molecular weight excluding hydrogens is 324 g/mol. The van der Waals surface area contributed by atoms with Crippen LogP contribution in [-0.2, 0) is 0 Å². The first-order chi connectivity index (χ1) is 9.97. The lowest BCUT2D eigenvalue weighted by molar-refractivity contribution is -0.870. The number of nitrogens with two attached hydrogens (primary N) is 1. The van der Waals surface area contributed by atoms with Crippen LogP contribution in [0.5, 0.6) is 0 Å². The van der Waals surface area contributed by atoms with E-state index in [0.717, 1.165) is 4.48 Å². The maximum atomic E-state index is 4.76. The minimum absolute atomic E-state index is 0.562. The van der Waals surface area contributed by atoms with Crippen molar-refractivity contribution >= 4 is 15.9 Å². The Morgan fingerprint density at radius 2 is 0.952 bits per heavy atom. The zero-order valence-corrected chi connectivity index (χ0v) is 16.9. The third kappa shape index (κ3) is 29.1. The normalized spacial score (nSPS) is 11.1. The van der Waals surface area contributed by atoms with Crippen molar-refractivity contribution in [1.29, 1.82) is 0 Å². The minimum Gasteiger partial charge on any atom is -0.331 e. The van der Waals surface area contributed by atoms with E-state index in [9.17, 15) is 0 Å². The van der Waals surface area contributed by atoms with Gasteiger partial charge in [0, 0.05) is 5.45 Å². The number of hydrogen-bond donors (Lipinski definition) is 1. The van der Waals surface area contributed by atoms with Gasteiger partial charge in [-0.2, -0.15) is 0 Å². The molecule has 0 atom stereocenters. The van der Waals surface area contributed by atoms with E-state index < -0.39 is 0 Å². The molecule has 0 aliphatic carbocycles. The first-order valence-corrected chi connectivity index (χ1v) is 10.2. The van der Waals surface area contributed by atoms with E-state index >= 15 is 0 Å². The molecule has 0 heterocycles. The molecule has 0 aliphatic rings. The predicted molar refractivity (Wildman–Crippen MR) is 102 cm³/mol. The van der Waals surface area contributed by atoms with Gasteiger partial charge in [-0.15, -0.1) is 0 Å². The summed E-state index contributed by atoms with van der Waals surface area (Å²) in [5, 5.41) is 0. The molecule has 130 valence electrons. The van der Waals surface area contributed by atoms with Gasteiger partial charge in [0.1, 0.15) is 0 Å². The second-order valence-electron chi connectivity index (χ2n) is 7.06. The van der Waals surface area contributed by atoms with Crippen LogP contribution < -0.4 is 5.73 Å². The molecular formula is C18H42BrN2+. The van der Waals surface area contributed by atoms with Gasteiger partial charge in [0.25, 0.3) is 0 Å². The van der Waals surface area contributed by atoms with E-state index in [-0.39, 0.29) is 0 Å². The summed E-state index contributed by atoms with van der Waals surface area (Å²) < 4.78 is 1.12. The average molecular weight is 366 g/mol. The summed E-state index contributed by atoms with van der Waals surface area (Å²) in [6, 6.07) is 0. The molecule has 2 nitrogen and oxygen atoms in total. The lowest BCUT2D eigenvalue weighted by atomic mass is 10.1. The van der Waals surface area contributed by atoms with Gasteiger partial charge in [-0.05, 0) is 12.8 Å². The van der Waals surface area contributed by atoms with Crippen molar-refractivity contribution in [2.75, 3.05) is 33.1 Å². The molecule has 0 aromatic heterocycles. The maximum Gasteiger partial charge on any atom is 0.0780 e. The highest BCUT2D eigenvalue weighted by Gasteiger charge is 2.04. The van der Waals surface area contributed by atoms with Crippen molar-refractivity contribution in [3.8, 4) is 0 Å². The standard InChI is InChI=1S/C17H38N.CH4BrN/c1-5-6-7-8-9-10-11-12-13-14-15-16-17-18(2,3)4;2-1-3/h5-17H2,1-4H3;1,3H2/q+1;. The molecule has 0 aromatic rings. The van der Waals surface area contributed by atoms with E-state index in [1.54, 1.807) is 0 Å². The van der Waals surface area contributed by atoms with Crippen molar-refractivity contribution in [3.05, 3.63) is 0 Å². The first kappa shape index (κ1) is 23.7. The Morgan fingerprint density at radius 1 is 0.667 bits per heavy atom. The highest BCUT2D eigenvalue weighted by Crippen LogP contribution is 2.12. The van der Waals surface area contributed by atoms with Crippen LogP contribution in [-0.4, -0.2) is 37.6 Å². The zero-order chi connectivity index (χ0) is 16.4. The fourth-order valence-corrected chi connectivity index (χ4v) is 2.43. The number of hydrogen-bond acceptors (Lipinski definition) is 1. The molecule has 3 heteroatoms. The lowest BCUT2D eigenvalue weighted by Gasteiger charge is -2.23. The molecule has 0 unspecified atom stereocenters. The number of rotatable bonds is 13. The maximum absolute atomic E-state index is 4.76.